The van der Waals surface area contributed by atoms with Gasteiger partial charge in [-0.15, -0.1) is 0 Å². The Labute approximate surface area is 215 Å². The van der Waals surface area contributed by atoms with E-state index in [-0.39, 0.29) is 25.5 Å². The number of anilines is 2. The molecule has 1 aromatic heterocycles. The third-order valence-corrected chi connectivity index (χ3v) is 6.58. The Bertz CT molecular complexity index is 1510. The van der Waals surface area contributed by atoms with Gasteiger partial charge in [-0.2, -0.15) is 5.10 Å². The van der Waals surface area contributed by atoms with Crippen LogP contribution in [0.5, 0.6) is 0 Å². The molecule has 3 heterocycles. The van der Waals surface area contributed by atoms with Gasteiger partial charge < -0.3 is 25.4 Å². The smallest absolute Gasteiger partial charge is 0.250 e. The second kappa shape index (κ2) is 9.51. The van der Waals surface area contributed by atoms with Gasteiger partial charge in [0.05, 0.1) is 17.1 Å². The van der Waals surface area contributed by atoms with E-state index in [1.807, 2.05) is 0 Å². The topological polar surface area (TPSA) is 91.7 Å². The monoisotopic (exact) mass is 521 g/mol. The number of benzene rings is 3. The molecular formula is C27H22F3N5O3. The fourth-order valence-electron chi connectivity index (χ4n) is 4.70. The van der Waals surface area contributed by atoms with Crippen LogP contribution in [-0.4, -0.2) is 45.2 Å². The Morgan fingerprint density at radius 3 is 2.34 bits per heavy atom. The van der Waals surface area contributed by atoms with Crippen LogP contribution in [-0.2, 0) is 16.0 Å². The molecule has 3 N–H and O–H groups in total. The van der Waals surface area contributed by atoms with Crippen molar-refractivity contribution in [2.24, 2.45) is 0 Å². The highest BCUT2D eigenvalue weighted by atomic mass is 19.1. The lowest BCUT2D eigenvalue weighted by Crippen LogP contribution is -2.31. The van der Waals surface area contributed by atoms with Crippen molar-refractivity contribution >= 4 is 17.3 Å². The summed E-state index contributed by atoms with van der Waals surface area (Å²) < 4.78 is 49.3. The minimum Gasteiger partial charge on any atom is -0.357 e. The fourth-order valence-corrected chi connectivity index (χ4v) is 4.70. The van der Waals surface area contributed by atoms with Crippen molar-refractivity contribution in [3.8, 4) is 16.9 Å². The molecule has 38 heavy (non-hydrogen) atoms. The summed E-state index contributed by atoms with van der Waals surface area (Å²) in [7, 11) is 0. The zero-order chi connectivity index (χ0) is 26.4. The first-order valence-electron chi connectivity index (χ1n) is 11.9. The van der Waals surface area contributed by atoms with E-state index >= 15 is 0 Å². The highest BCUT2D eigenvalue weighted by molar-refractivity contribution is 5.80. The SMILES string of the molecule is O=C1COC(c2cn(-c3ccc(F)cc3)nc2-c2ccc(F)cc2)N1CCc1cc2c(cc1F)NC(O)N2. The van der Waals surface area contributed by atoms with E-state index in [0.717, 1.165) is 0 Å². The van der Waals surface area contributed by atoms with Crippen LogP contribution in [0.4, 0.5) is 24.5 Å². The second-order valence-electron chi connectivity index (χ2n) is 9.04. The van der Waals surface area contributed by atoms with E-state index in [1.54, 1.807) is 41.2 Å². The van der Waals surface area contributed by atoms with E-state index in [4.69, 9.17) is 4.74 Å². The van der Waals surface area contributed by atoms with E-state index in [9.17, 15) is 23.1 Å². The van der Waals surface area contributed by atoms with Crippen LogP contribution < -0.4 is 10.6 Å². The van der Waals surface area contributed by atoms with E-state index in [0.29, 0.717) is 39.4 Å². The number of aliphatic hydroxyl groups is 1. The lowest BCUT2D eigenvalue weighted by atomic mass is 10.1. The molecule has 2 unspecified atom stereocenters. The van der Waals surface area contributed by atoms with Crippen LogP contribution in [0, 0.1) is 17.5 Å². The van der Waals surface area contributed by atoms with Crippen molar-refractivity contribution in [2.75, 3.05) is 23.8 Å². The summed E-state index contributed by atoms with van der Waals surface area (Å²) >= 11 is 0. The first-order valence-corrected chi connectivity index (χ1v) is 11.9. The number of fused-ring (bicyclic) bond motifs is 1. The minimum atomic E-state index is -1.000. The molecule has 4 aromatic rings. The summed E-state index contributed by atoms with van der Waals surface area (Å²) in [6, 6.07) is 14.4. The number of carbonyl (C=O) groups is 1. The maximum absolute atomic E-state index is 14.7. The Balaban J connectivity index is 1.33. The molecule has 11 heteroatoms. The molecule has 194 valence electrons. The molecule has 1 saturated heterocycles. The van der Waals surface area contributed by atoms with Crippen molar-refractivity contribution < 1.29 is 27.8 Å². The standard InChI is InChI=1S/C27H22F3N5O3/c28-17-3-1-15(2-4-17)25-20(13-35(33-25)19-7-5-18(29)6-8-19)26-34(24(36)14-38-26)10-9-16-11-22-23(12-21(16)30)32-27(37)31-22/h1-8,11-13,26-27,31-32,37H,9-10,14H2. The average Bonchev–Trinajstić information content (AvgIpc) is 3.59. The molecule has 6 rings (SSSR count). The summed E-state index contributed by atoms with van der Waals surface area (Å²) in [5.41, 5.74) is 3.59. The van der Waals surface area contributed by atoms with Gasteiger partial charge in [-0.25, -0.2) is 17.9 Å². The summed E-state index contributed by atoms with van der Waals surface area (Å²) in [5.74, 6) is -1.54. The second-order valence-corrected chi connectivity index (χ2v) is 9.04. The molecule has 3 aromatic carbocycles. The maximum atomic E-state index is 14.7. The average molecular weight is 521 g/mol. The Kier molecular flexibility index (Phi) is 6.01. The highest BCUT2D eigenvalue weighted by Crippen LogP contribution is 2.36. The lowest BCUT2D eigenvalue weighted by molar-refractivity contribution is -0.128. The molecule has 0 bridgehead atoms. The minimum absolute atomic E-state index is 0.153. The van der Waals surface area contributed by atoms with Gasteiger partial charge in [0, 0.05) is 23.9 Å². The summed E-state index contributed by atoms with van der Waals surface area (Å²) in [6.45, 7) is -0.0145. The molecule has 1 amide bonds. The van der Waals surface area contributed by atoms with E-state index in [1.165, 1.54) is 35.2 Å². The van der Waals surface area contributed by atoms with Gasteiger partial charge in [0.2, 0.25) is 6.35 Å². The van der Waals surface area contributed by atoms with Gasteiger partial charge in [0.1, 0.15) is 29.8 Å². The van der Waals surface area contributed by atoms with Crippen molar-refractivity contribution in [3.63, 3.8) is 0 Å². The molecule has 0 aliphatic carbocycles. The van der Waals surface area contributed by atoms with Crippen molar-refractivity contribution in [1.29, 1.82) is 0 Å². The van der Waals surface area contributed by atoms with Gasteiger partial charge in [-0.3, -0.25) is 4.79 Å². The van der Waals surface area contributed by atoms with Crippen molar-refractivity contribution in [2.45, 2.75) is 19.0 Å². The quantitative estimate of drug-likeness (QED) is 0.353. The van der Waals surface area contributed by atoms with Crippen molar-refractivity contribution in [3.05, 3.63) is 95.4 Å². The van der Waals surface area contributed by atoms with Crippen LogP contribution in [0.3, 0.4) is 0 Å². The first-order chi connectivity index (χ1) is 18.4. The first kappa shape index (κ1) is 24.0. The van der Waals surface area contributed by atoms with Gasteiger partial charge in [-0.05, 0) is 72.6 Å². The zero-order valence-corrected chi connectivity index (χ0v) is 19.9. The molecule has 1 fully saturated rings. The third kappa shape index (κ3) is 4.46. The predicted molar refractivity (Wildman–Crippen MR) is 133 cm³/mol. The summed E-state index contributed by atoms with van der Waals surface area (Å²) in [4.78, 5) is 14.3. The maximum Gasteiger partial charge on any atom is 0.250 e. The molecule has 2 aliphatic rings. The van der Waals surface area contributed by atoms with Gasteiger partial charge in [-0.1, -0.05) is 0 Å². The normalized spacial score (nSPS) is 18.4. The van der Waals surface area contributed by atoms with Gasteiger partial charge >= 0.3 is 0 Å². The molecular weight excluding hydrogens is 499 g/mol. The number of hydrogen-bond acceptors (Lipinski definition) is 6. The number of aliphatic hydroxyl groups excluding tert-OH is 1. The molecule has 0 saturated carbocycles. The van der Waals surface area contributed by atoms with Crippen LogP contribution >= 0.6 is 0 Å². The Morgan fingerprint density at radius 2 is 1.63 bits per heavy atom. The van der Waals surface area contributed by atoms with Gasteiger partial charge in [0.15, 0.2) is 6.23 Å². The molecule has 0 spiro atoms. The van der Waals surface area contributed by atoms with Gasteiger partial charge in [0.25, 0.3) is 5.91 Å². The van der Waals surface area contributed by atoms with E-state index < -0.39 is 30.0 Å². The largest absolute Gasteiger partial charge is 0.357 e. The Morgan fingerprint density at radius 1 is 0.974 bits per heavy atom. The number of hydrogen-bond donors (Lipinski definition) is 3. The van der Waals surface area contributed by atoms with Crippen LogP contribution in [0.25, 0.3) is 16.9 Å². The number of halogens is 3. The summed E-state index contributed by atoms with van der Waals surface area (Å²) in [6.07, 6.45) is 0.0614. The molecule has 0 radical (unpaired) electrons. The lowest BCUT2D eigenvalue weighted by Gasteiger charge is -2.23. The predicted octanol–water partition coefficient (Wildman–Crippen LogP) is 4.17. The number of amides is 1. The Hall–Kier alpha value is -4.35. The number of aromatic nitrogens is 2. The molecule has 8 nitrogen and oxygen atoms in total. The number of nitrogens with zero attached hydrogens (tertiary/aromatic N) is 3. The fraction of sp³-hybridized carbons (Fsp3) is 0.185. The van der Waals surface area contributed by atoms with Crippen molar-refractivity contribution in [1.82, 2.24) is 14.7 Å². The molecule has 2 atom stereocenters. The number of rotatable bonds is 6. The molecule has 2 aliphatic heterocycles. The number of nitrogens with one attached hydrogen (secondary N) is 2. The van der Waals surface area contributed by atoms with E-state index in [2.05, 4.69) is 15.7 Å². The third-order valence-electron chi connectivity index (χ3n) is 6.58. The number of ether oxygens (including phenoxy) is 1. The summed E-state index contributed by atoms with van der Waals surface area (Å²) in [5, 5.41) is 19.9. The van der Waals surface area contributed by atoms with Crippen LogP contribution in [0.15, 0.2) is 66.9 Å². The van der Waals surface area contributed by atoms with Crippen LogP contribution in [0.1, 0.15) is 17.4 Å². The van der Waals surface area contributed by atoms with Crippen LogP contribution in [0.2, 0.25) is 0 Å². The zero-order valence-electron chi connectivity index (χ0n) is 19.9. The highest BCUT2D eigenvalue weighted by Gasteiger charge is 2.36. The number of carbonyl (C=O) groups excluding carboxylic acids is 1.